The summed E-state index contributed by atoms with van der Waals surface area (Å²) in [4.78, 5) is 15.3. The van der Waals surface area contributed by atoms with Crippen LogP contribution in [0, 0.1) is 5.92 Å². The summed E-state index contributed by atoms with van der Waals surface area (Å²) < 4.78 is 0. The van der Waals surface area contributed by atoms with Gasteiger partial charge >= 0.3 is 0 Å². The summed E-state index contributed by atoms with van der Waals surface area (Å²) in [7, 11) is 0. The quantitative estimate of drug-likeness (QED) is 0.740. The van der Waals surface area contributed by atoms with E-state index in [9.17, 15) is 4.79 Å². The lowest BCUT2D eigenvalue weighted by Crippen LogP contribution is -2.34. The molecule has 1 heterocycles. The molecule has 1 saturated carbocycles. The van der Waals surface area contributed by atoms with Crippen molar-refractivity contribution in [1.82, 2.24) is 15.6 Å². The smallest absolute Gasteiger partial charge is 0.233 e. The van der Waals surface area contributed by atoms with Crippen molar-refractivity contribution in [2.75, 3.05) is 13.1 Å². The average molecular weight is 219 g/mol. The first-order chi connectivity index (χ1) is 7.84. The number of nitrogens with zero attached hydrogens (tertiary/aromatic N) is 1. The lowest BCUT2D eigenvalue weighted by atomic mass is 10.3. The second-order valence-corrected chi connectivity index (χ2v) is 4.21. The highest BCUT2D eigenvalue weighted by Gasteiger charge is 2.21. The van der Waals surface area contributed by atoms with Crippen molar-refractivity contribution in [2.45, 2.75) is 19.4 Å². The SMILES string of the molecule is O=C(CNCc1ccncc1)NCC1CC1. The molecule has 16 heavy (non-hydrogen) atoms. The number of hydrogen-bond acceptors (Lipinski definition) is 3. The van der Waals surface area contributed by atoms with Crippen LogP contribution in [0.3, 0.4) is 0 Å². The van der Waals surface area contributed by atoms with Gasteiger partial charge in [-0.1, -0.05) is 0 Å². The summed E-state index contributed by atoms with van der Waals surface area (Å²) in [5.74, 6) is 0.824. The van der Waals surface area contributed by atoms with Gasteiger partial charge in [0, 0.05) is 25.5 Å². The molecule has 0 spiro atoms. The van der Waals surface area contributed by atoms with Crippen molar-refractivity contribution in [3.8, 4) is 0 Å². The van der Waals surface area contributed by atoms with Crippen LogP contribution in [-0.4, -0.2) is 24.0 Å². The maximum atomic E-state index is 11.4. The third-order valence-electron chi connectivity index (χ3n) is 2.65. The minimum Gasteiger partial charge on any atom is -0.355 e. The third kappa shape index (κ3) is 3.98. The number of amides is 1. The van der Waals surface area contributed by atoms with Crippen LogP contribution in [0.1, 0.15) is 18.4 Å². The van der Waals surface area contributed by atoms with Gasteiger partial charge in [-0.2, -0.15) is 0 Å². The van der Waals surface area contributed by atoms with Gasteiger partial charge in [-0.05, 0) is 36.5 Å². The van der Waals surface area contributed by atoms with Gasteiger partial charge in [-0.25, -0.2) is 0 Å². The highest BCUT2D eigenvalue weighted by molar-refractivity contribution is 5.77. The Balaban J connectivity index is 1.58. The van der Waals surface area contributed by atoms with E-state index >= 15 is 0 Å². The summed E-state index contributed by atoms with van der Waals surface area (Å²) in [6.07, 6.45) is 6.05. The molecular weight excluding hydrogens is 202 g/mol. The molecule has 86 valence electrons. The third-order valence-corrected chi connectivity index (χ3v) is 2.65. The fraction of sp³-hybridized carbons (Fsp3) is 0.500. The van der Waals surface area contributed by atoms with Crippen molar-refractivity contribution >= 4 is 5.91 Å². The van der Waals surface area contributed by atoms with E-state index in [0.717, 1.165) is 18.0 Å². The zero-order chi connectivity index (χ0) is 11.2. The molecular formula is C12H17N3O. The van der Waals surface area contributed by atoms with Crippen LogP contribution in [0.2, 0.25) is 0 Å². The van der Waals surface area contributed by atoms with E-state index in [1.807, 2.05) is 12.1 Å². The number of pyridine rings is 1. The van der Waals surface area contributed by atoms with Crippen molar-refractivity contribution in [3.63, 3.8) is 0 Å². The zero-order valence-electron chi connectivity index (χ0n) is 9.28. The molecule has 1 aromatic rings. The van der Waals surface area contributed by atoms with E-state index in [-0.39, 0.29) is 5.91 Å². The van der Waals surface area contributed by atoms with Crippen LogP contribution in [0.15, 0.2) is 24.5 Å². The van der Waals surface area contributed by atoms with Crippen LogP contribution in [0.25, 0.3) is 0 Å². The minimum absolute atomic E-state index is 0.0842. The molecule has 2 rings (SSSR count). The standard InChI is InChI=1S/C12H17N3O/c16-12(15-8-10-1-2-10)9-14-7-11-3-5-13-6-4-11/h3-6,10,14H,1-2,7-9H2,(H,15,16). The highest BCUT2D eigenvalue weighted by Crippen LogP contribution is 2.27. The van der Waals surface area contributed by atoms with Crippen molar-refractivity contribution in [2.24, 2.45) is 5.92 Å². The average Bonchev–Trinajstić information content (AvgIpc) is 3.12. The molecule has 1 amide bonds. The number of rotatable bonds is 6. The minimum atomic E-state index is 0.0842. The van der Waals surface area contributed by atoms with Gasteiger partial charge in [-0.3, -0.25) is 9.78 Å². The van der Waals surface area contributed by atoms with Gasteiger partial charge in [0.05, 0.1) is 6.54 Å². The Labute approximate surface area is 95.5 Å². The van der Waals surface area contributed by atoms with Gasteiger partial charge in [0.25, 0.3) is 0 Å². The Morgan fingerprint density at radius 1 is 1.38 bits per heavy atom. The molecule has 4 nitrogen and oxygen atoms in total. The van der Waals surface area contributed by atoms with E-state index in [4.69, 9.17) is 0 Å². The molecule has 0 bridgehead atoms. The largest absolute Gasteiger partial charge is 0.355 e. The lowest BCUT2D eigenvalue weighted by molar-refractivity contribution is -0.120. The predicted molar refractivity (Wildman–Crippen MR) is 61.7 cm³/mol. The predicted octanol–water partition coefficient (Wildman–Crippen LogP) is 0.697. The van der Waals surface area contributed by atoms with Crippen LogP contribution in [0.4, 0.5) is 0 Å². The van der Waals surface area contributed by atoms with E-state index in [1.54, 1.807) is 12.4 Å². The first kappa shape index (κ1) is 11.1. The fourth-order valence-corrected chi connectivity index (χ4v) is 1.46. The Bertz CT molecular complexity index is 335. The van der Waals surface area contributed by atoms with Crippen molar-refractivity contribution in [3.05, 3.63) is 30.1 Å². The van der Waals surface area contributed by atoms with Crippen LogP contribution < -0.4 is 10.6 Å². The molecule has 4 heteroatoms. The van der Waals surface area contributed by atoms with E-state index in [1.165, 1.54) is 12.8 Å². The van der Waals surface area contributed by atoms with Gasteiger partial charge in [-0.15, -0.1) is 0 Å². The molecule has 0 atom stereocenters. The van der Waals surface area contributed by atoms with Crippen LogP contribution in [0.5, 0.6) is 0 Å². The van der Waals surface area contributed by atoms with Gasteiger partial charge in [0.15, 0.2) is 0 Å². The molecule has 0 aromatic carbocycles. The number of carbonyl (C=O) groups is 1. The highest BCUT2D eigenvalue weighted by atomic mass is 16.1. The number of aromatic nitrogens is 1. The molecule has 0 unspecified atom stereocenters. The topological polar surface area (TPSA) is 54.0 Å². The second-order valence-electron chi connectivity index (χ2n) is 4.21. The van der Waals surface area contributed by atoms with Crippen molar-refractivity contribution in [1.29, 1.82) is 0 Å². The number of carbonyl (C=O) groups excluding carboxylic acids is 1. The first-order valence-electron chi connectivity index (χ1n) is 5.71. The first-order valence-corrected chi connectivity index (χ1v) is 5.71. The summed E-state index contributed by atoms with van der Waals surface area (Å²) >= 11 is 0. The summed E-state index contributed by atoms with van der Waals surface area (Å²) in [6, 6.07) is 3.88. The number of nitrogens with one attached hydrogen (secondary N) is 2. The maximum absolute atomic E-state index is 11.4. The summed E-state index contributed by atoms with van der Waals surface area (Å²) in [6.45, 7) is 1.93. The van der Waals surface area contributed by atoms with Crippen LogP contribution >= 0.6 is 0 Å². The molecule has 1 aromatic heterocycles. The van der Waals surface area contributed by atoms with Gasteiger partial charge in [0.1, 0.15) is 0 Å². The second kappa shape index (κ2) is 5.61. The molecule has 0 radical (unpaired) electrons. The molecule has 2 N–H and O–H groups in total. The van der Waals surface area contributed by atoms with Gasteiger partial charge < -0.3 is 10.6 Å². The Hall–Kier alpha value is -1.42. The molecule has 1 aliphatic carbocycles. The Morgan fingerprint density at radius 2 is 2.12 bits per heavy atom. The molecule has 1 fully saturated rings. The maximum Gasteiger partial charge on any atom is 0.233 e. The Morgan fingerprint density at radius 3 is 2.81 bits per heavy atom. The number of hydrogen-bond donors (Lipinski definition) is 2. The van der Waals surface area contributed by atoms with Gasteiger partial charge in [0.2, 0.25) is 5.91 Å². The molecule has 1 aliphatic rings. The normalized spacial score (nSPS) is 14.8. The summed E-state index contributed by atoms with van der Waals surface area (Å²) in [5.41, 5.74) is 1.14. The zero-order valence-corrected chi connectivity index (χ0v) is 9.28. The molecule has 0 aliphatic heterocycles. The van der Waals surface area contributed by atoms with Crippen LogP contribution in [-0.2, 0) is 11.3 Å². The fourth-order valence-electron chi connectivity index (χ4n) is 1.46. The monoisotopic (exact) mass is 219 g/mol. The lowest BCUT2D eigenvalue weighted by Gasteiger charge is -2.05. The molecule has 0 saturated heterocycles. The van der Waals surface area contributed by atoms with E-state index < -0.39 is 0 Å². The van der Waals surface area contributed by atoms with Crippen molar-refractivity contribution < 1.29 is 4.79 Å². The Kier molecular flexibility index (Phi) is 3.88. The van der Waals surface area contributed by atoms with E-state index in [2.05, 4.69) is 15.6 Å². The van der Waals surface area contributed by atoms with E-state index in [0.29, 0.717) is 13.1 Å². The summed E-state index contributed by atoms with van der Waals surface area (Å²) in [5, 5.41) is 6.02.